The Balaban J connectivity index is 1.34. The predicted octanol–water partition coefficient (Wildman–Crippen LogP) is 9.55. The van der Waals surface area contributed by atoms with Crippen LogP contribution in [0.2, 0.25) is 0 Å². The summed E-state index contributed by atoms with van der Waals surface area (Å²) < 4.78 is 2.36. The first-order chi connectivity index (χ1) is 20.3. The Bertz CT molecular complexity index is 1970. The summed E-state index contributed by atoms with van der Waals surface area (Å²) in [5, 5.41) is 2.52. The molecule has 3 aromatic heterocycles. The van der Waals surface area contributed by atoms with Gasteiger partial charge < -0.3 is 4.57 Å². The molecule has 0 N–H and O–H groups in total. The quantitative estimate of drug-likeness (QED) is 0.216. The smallest absolute Gasteiger partial charge is 0.0708 e. The van der Waals surface area contributed by atoms with Crippen LogP contribution in [0.1, 0.15) is 18.1 Å². The van der Waals surface area contributed by atoms with Gasteiger partial charge in [-0.05, 0) is 73.0 Å². The third-order valence-corrected chi connectivity index (χ3v) is 7.65. The van der Waals surface area contributed by atoms with Crippen molar-refractivity contribution in [3.8, 4) is 28.2 Å². The SMILES string of the molecule is C/C(=C\c1ccc(-n2c3ccccc3c3ccccc32)cc1-c1ccccn1)Cc1ccccc1-c1ccccn1. The van der Waals surface area contributed by atoms with Crippen molar-refractivity contribution in [2.75, 3.05) is 0 Å². The van der Waals surface area contributed by atoms with Crippen LogP contribution in [0.25, 0.3) is 56.1 Å². The van der Waals surface area contributed by atoms with E-state index in [1.54, 1.807) is 0 Å². The Hall–Kier alpha value is -5.28. The van der Waals surface area contributed by atoms with E-state index in [9.17, 15) is 0 Å². The van der Waals surface area contributed by atoms with Crippen molar-refractivity contribution in [3.63, 3.8) is 0 Å². The fourth-order valence-electron chi connectivity index (χ4n) is 5.82. The van der Waals surface area contributed by atoms with Crippen LogP contribution in [0.15, 0.2) is 145 Å². The zero-order chi connectivity index (χ0) is 27.6. The second-order valence-electron chi connectivity index (χ2n) is 10.4. The lowest BCUT2D eigenvalue weighted by molar-refractivity contribution is 1.15. The minimum atomic E-state index is 0.836. The lowest BCUT2D eigenvalue weighted by Crippen LogP contribution is -1.97. The van der Waals surface area contributed by atoms with E-state index in [-0.39, 0.29) is 0 Å². The van der Waals surface area contributed by atoms with E-state index in [4.69, 9.17) is 4.98 Å². The van der Waals surface area contributed by atoms with E-state index < -0.39 is 0 Å². The molecule has 0 amide bonds. The molecule has 0 unspecified atom stereocenters. The number of rotatable bonds is 6. The average molecular weight is 528 g/mol. The molecule has 0 spiro atoms. The minimum absolute atomic E-state index is 0.836. The van der Waals surface area contributed by atoms with Crippen molar-refractivity contribution in [1.82, 2.24) is 14.5 Å². The number of allylic oxidation sites excluding steroid dienone is 1. The summed E-state index contributed by atoms with van der Waals surface area (Å²) in [6.45, 7) is 2.21. The van der Waals surface area contributed by atoms with Gasteiger partial charge in [-0.25, -0.2) is 0 Å². The van der Waals surface area contributed by atoms with Gasteiger partial charge in [-0.15, -0.1) is 0 Å². The molecule has 41 heavy (non-hydrogen) atoms. The number of fused-ring (bicyclic) bond motifs is 3. The lowest BCUT2D eigenvalue weighted by Gasteiger charge is -2.14. The summed E-state index contributed by atoms with van der Waals surface area (Å²) in [6.07, 6.45) is 6.86. The molecule has 4 aromatic carbocycles. The molecule has 0 aliphatic rings. The molecule has 0 aliphatic heterocycles. The van der Waals surface area contributed by atoms with Gasteiger partial charge in [0.15, 0.2) is 0 Å². The second kappa shape index (κ2) is 10.7. The van der Waals surface area contributed by atoms with Gasteiger partial charge in [0.25, 0.3) is 0 Å². The number of hydrogen-bond acceptors (Lipinski definition) is 2. The van der Waals surface area contributed by atoms with Gasteiger partial charge in [-0.3, -0.25) is 9.97 Å². The van der Waals surface area contributed by atoms with Crippen molar-refractivity contribution in [2.24, 2.45) is 0 Å². The Morgan fingerprint density at radius 1 is 0.610 bits per heavy atom. The Morgan fingerprint density at radius 3 is 1.85 bits per heavy atom. The highest BCUT2D eigenvalue weighted by molar-refractivity contribution is 6.09. The van der Waals surface area contributed by atoms with Crippen molar-refractivity contribution < 1.29 is 0 Å². The molecule has 0 saturated carbocycles. The molecule has 7 rings (SSSR count). The zero-order valence-electron chi connectivity index (χ0n) is 22.9. The molecular formula is C38H29N3. The van der Waals surface area contributed by atoms with Crippen LogP contribution in [0.3, 0.4) is 0 Å². The summed E-state index contributed by atoms with van der Waals surface area (Å²) in [5.41, 5.74) is 11.5. The van der Waals surface area contributed by atoms with Crippen LogP contribution in [0.4, 0.5) is 0 Å². The van der Waals surface area contributed by atoms with Gasteiger partial charge in [0.05, 0.1) is 22.4 Å². The molecule has 3 nitrogen and oxygen atoms in total. The molecule has 0 radical (unpaired) electrons. The summed E-state index contributed by atoms with van der Waals surface area (Å²) in [6, 6.07) is 44.7. The fraction of sp³-hybridized carbons (Fsp3) is 0.0526. The number of benzene rings is 4. The highest BCUT2D eigenvalue weighted by Gasteiger charge is 2.14. The normalized spacial score (nSPS) is 11.8. The molecule has 0 bridgehead atoms. The summed E-state index contributed by atoms with van der Waals surface area (Å²) in [7, 11) is 0. The first-order valence-corrected chi connectivity index (χ1v) is 14.0. The zero-order valence-corrected chi connectivity index (χ0v) is 22.9. The van der Waals surface area contributed by atoms with Gasteiger partial charge in [-0.1, -0.05) is 90.5 Å². The largest absolute Gasteiger partial charge is 0.309 e. The highest BCUT2D eigenvalue weighted by atomic mass is 15.0. The van der Waals surface area contributed by atoms with Gasteiger partial charge in [0, 0.05) is 40.0 Å². The van der Waals surface area contributed by atoms with Crippen LogP contribution in [0.5, 0.6) is 0 Å². The van der Waals surface area contributed by atoms with E-state index in [0.29, 0.717) is 0 Å². The van der Waals surface area contributed by atoms with E-state index in [1.807, 2.05) is 30.6 Å². The highest BCUT2D eigenvalue weighted by Crippen LogP contribution is 2.35. The maximum absolute atomic E-state index is 4.76. The lowest BCUT2D eigenvalue weighted by atomic mass is 9.95. The van der Waals surface area contributed by atoms with Gasteiger partial charge in [0.2, 0.25) is 0 Å². The third kappa shape index (κ3) is 4.72. The third-order valence-electron chi connectivity index (χ3n) is 7.65. The fourth-order valence-corrected chi connectivity index (χ4v) is 5.82. The van der Waals surface area contributed by atoms with Gasteiger partial charge in [0.1, 0.15) is 0 Å². The van der Waals surface area contributed by atoms with Crippen molar-refractivity contribution in [3.05, 3.63) is 156 Å². The van der Waals surface area contributed by atoms with Crippen LogP contribution in [-0.2, 0) is 6.42 Å². The van der Waals surface area contributed by atoms with Crippen LogP contribution in [-0.4, -0.2) is 14.5 Å². The number of nitrogens with zero attached hydrogens (tertiary/aromatic N) is 3. The molecule has 3 heterocycles. The molecule has 196 valence electrons. The van der Waals surface area contributed by atoms with E-state index in [2.05, 4.69) is 132 Å². The molecule has 0 aliphatic carbocycles. The standard InChI is InChI=1S/C38H29N3/c1-27(24-28-12-2-3-13-31(28)35-16-8-10-22-39-35)25-29-20-21-30(26-34(29)36-17-9-11-23-40-36)41-37-18-6-4-14-32(37)33-15-5-7-19-38(33)41/h2-23,25-26H,24H2,1H3/b27-25+. The maximum Gasteiger partial charge on any atom is 0.0708 e. The molecule has 0 fully saturated rings. The van der Waals surface area contributed by atoms with Crippen LogP contribution >= 0.6 is 0 Å². The Morgan fingerprint density at radius 2 is 1.20 bits per heavy atom. The van der Waals surface area contributed by atoms with E-state index in [0.717, 1.165) is 34.6 Å². The summed E-state index contributed by atoms with van der Waals surface area (Å²) in [5.74, 6) is 0. The van der Waals surface area contributed by atoms with Crippen molar-refractivity contribution in [2.45, 2.75) is 13.3 Å². The first kappa shape index (κ1) is 24.7. The Kier molecular flexibility index (Phi) is 6.46. The molecule has 0 saturated heterocycles. The number of pyridine rings is 2. The maximum atomic E-state index is 4.76. The minimum Gasteiger partial charge on any atom is -0.309 e. The topological polar surface area (TPSA) is 30.7 Å². The second-order valence-corrected chi connectivity index (χ2v) is 10.4. The number of para-hydroxylation sites is 2. The van der Waals surface area contributed by atoms with Crippen LogP contribution in [0, 0.1) is 0 Å². The van der Waals surface area contributed by atoms with Gasteiger partial charge in [-0.2, -0.15) is 0 Å². The Labute approximate surface area is 240 Å². The summed E-state index contributed by atoms with van der Waals surface area (Å²) >= 11 is 0. The molecule has 7 aromatic rings. The van der Waals surface area contributed by atoms with Crippen molar-refractivity contribution >= 4 is 27.9 Å². The molecule has 3 heteroatoms. The van der Waals surface area contributed by atoms with Crippen molar-refractivity contribution in [1.29, 1.82) is 0 Å². The number of hydrogen-bond donors (Lipinski definition) is 0. The predicted molar refractivity (Wildman–Crippen MR) is 171 cm³/mol. The monoisotopic (exact) mass is 527 g/mol. The molecule has 0 atom stereocenters. The van der Waals surface area contributed by atoms with Gasteiger partial charge >= 0.3 is 0 Å². The van der Waals surface area contributed by atoms with Crippen LogP contribution < -0.4 is 0 Å². The number of aromatic nitrogens is 3. The first-order valence-electron chi connectivity index (χ1n) is 14.0. The van der Waals surface area contributed by atoms with E-state index >= 15 is 0 Å². The summed E-state index contributed by atoms with van der Waals surface area (Å²) in [4.78, 5) is 9.36. The van der Waals surface area contributed by atoms with E-state index in [1.165, 1.54) is 38.5 Å². The average Bonchev–Trinajstić information content (AvgIpc) is 3.37. The molecular weight excluding hydrogens is 498 g/mol.